The van der Waals surface area contributed by atoms with Gasteiger partial charge in [0, 0.05) is 30.7 Å². The van der Waals surface area contributed by atoms with Gasteiger partial charge in [-0.25, -0.2) is 13.6 Å². The molecule has 0 saturated heterocycles. The number of carbonyl (C=O) groups is 1. The molecular weight excluding hydrogens is 312 g/mol. The molecule has 118 valence electrons. The molecule has 1 aliphatic rings. The summed E-state index contributed by atoms with van der Waals surface area (Å²) in [6.07, 6.45) is -0.0487. The second kappa shape index (κ2) is 6.13. The van der Waals surface area contributed by atoms with E-state index in [1.165, 1.54) is 16.0 Å². The van der Waals surface area contributed by atoms with E-state index in [0.29, 0.717) is 18.0 Å². The quantitative estimate of drug-likeness (QED) is 0.916. The predicted octanol–water partition coefficient (Wildman–Crippen LogP) is 2.47. The summed E-state index contributed by atoms with van der Waals surface area (Å²) >= 11 is 1.31. The van der Waals surface area contributed by atoms with Gasteiger partial charge in [-0.05, 0) is 24.1 Å². The highest BCUT2D eigenvalue weighted by Crippen LogP contribution is 2.28. The number of aromatic nitrogens is 2. The van der Waals surface area contributed by atoms with Crippen molar-refractivity contribution < 1.29 is 18.7 Å². The topological polar surface area (TPSA) is 58.4 Å². The van der Waals surface area contributed by atoms with E-state index in [9.17, 15) is 13.6 Å². The van der Waals surface area contributed by atoms with Gasteiger partial charge in [-0.1, -0.05) is 0 Å². The SMILES string of the molecule is O=C(O)c1cc2c(s1)CN(Cc1ccn(CC(F)F)n1)CC2. The number of alkyl halides is 2. The molecule has 0 spiro atoms. The van der Waals surface area contributed by atoms with E-state index in [1.54, 1.807) is 18.3 Å². The van der Waals surface area contributed by atoms with E-state index < -0.39 is 18.9 Å². The number of carboxylic acid groups (broad SMARTS) is 1. The van der Waals surface area contributed by atoms with Gasteiger partial charge in [0.1, 0.15) is 11.4 Å². The van der Waals surface area contributed by atoms with Crippen LogP contribution in [0.5, 0.6) is 0 Å². The summed E-state index contributed by atoms with van der Waals surface area (Å²) in [5, 5.41) is 13.2. The maximum atomic E-state index is 12.3. The predicted molar refractivity (Wildman–Crippen MR) is 77.3 cm³/mol. The maximum absolute atomic E-state index is 12.3. The lowest BCUT2D eigenvalue weighted by molar-refractivity contribution is 0.0702. The van der Waals surface area contributed by atoms with Crippen LogP contribution in [0.15, 0.2) is 18.3 Å². The normalized spacial score (nSPS) is 15.2. The minimum Gasteiger partial charge on any atom is -0.477 e. The van der Waals surface area contributed by atoms with Gasteiger partial charge >= 0.3 is 5.97 Å². The Bertz CT molecular complexity index is 683. The molecule has 0 saturated carbocycles. The van der Waals surface area contributed by atoms with Crippen LogP contribution in [0.3, 0.4) is 0 Å². The van der Waals surface area contributed by atoms with Crippen LogP contribution in [0.2, 0.25) is 0 Å². The summed E-state index contributed by atoms with van der Waals surface area (Å²) in [5.41, 5.74) is 1.85. The fraction of sp³-hybridized carbons (Fsp3) is 0.429. The zero-order valence-corrected chi connectivity index (χ0v) is 12.5. The van der Waals surface area contributed by atoms with Crippen molar-refractivity contribution in [2.75, 3.05) is 6.54 Å². The lowest BCUT2D eigenvalue weighted by Crippen LogP contribution is -2.29. The third-order valence-electron chi connectivity index (χ3n) is 3.58. The van der Waals surface area contributed by atoms with Crippen LogP contribution in [0.25, 0.3) is 0 Å². The monoisotopic (exact) mass is 327 g/mol. The number of halogens is 2. The summed E-state index contributed by atoms with van der Waals surface area (Å²) < 4.78 is 25.9. The molecule has 1 aliphatic heterocycles. The molecule has 8 heteroatoms. The van der Waals surface area contributed by atoms with E-state index in [-0.39, 0.29) is 0 Å². The van der Waals surface area contributed by atoms with Crippen molar-refractivity contribution in [2.45, 2.75) is 32.5 Å². The van der Waals surface area contributed by atoms with E-state index in [4.69, 9.17) is 5.11 Å². The van der Waals surface area contributed by atoms with E-state index in [1.807, 2.05) is 0 Å². The van der Waals surface area contributed by atoms with E-state index in [2.05, 4.69) is 10.00 Å². The van der Waals surface area contributed by atoms with Gasteiger partial charge in [0.25, 0.3) is 6.43 Å². The molecule has 0 aliphatic carbocycles. The van der Waals surface area contributed by atoms with Crippen LogP contribution in [0.4, 0.5) is 8.78 Å². The number of aromatic carboxylic acids is 1. The van der Waals surface area contributed by atoms with Crippen LogP contribution < -0.4 is 0 Å². The average molecular weight is 327 g/mol. The van der Waals surface area contributed by atoms with E-state index in [0.717, 1.165) is 29.1 Å². The summed E-state index contributed by atoms with van der Waals surface area (Å²) in [6.45, 7) is 1.67. The van der Waals surface area contributed by atoms with Crippen LogP contribution in [0.1, 0.15) is 25.8 Å². The van der Waals surface area contributed by atoms with Crippen molar-refractivity contribution >= 4 is 17.3 Å². The second-order valence-corrected chi connectivity index (χ2v) is 6.38. The molecule has 3 heterocycles. The Morgan fingerprint density at radius 3 is 3.05 bits per heavy atom. The van der Waals surface area contributed by atoms with Gasteiger partial charge < -0.3 is 5.11 Å². The van der Waals surface area contributed by atoms with Crippen molar-refractivity contribution in [3.05, 3.63) is 39.3 Å². The van der Waals surface area contributed by atoms with Gasteiger partial charge in [0.05, 0.1) is 5.69 Å². The summed E-state index contributed by atoms with van der Waals surface area (Å²) in [7, 11) is 0. The lowest BCUT2D eigenvalue weighted by Gasteiger charge is -2.25. The highest BCUT2D eigenvalue weighted by molar-refractivity contribution is 7.14. The molecule has 0 radical (unpaired) electrons. The Hall–Kier alpha value is -1.80. The number of fused-ring (bicyclic) bond motifs is 1. The van der Waals surface area contributed by atoms with Crippen molar-refractivity contribution in [1.82, 2.24) is 14.7 Å². The Morgan fingerprint density at radius 2 is 2.32 bits per heavy atom. The molecule has 0 atom stereocenters. The summed E-state index contributed by atoms with van der Waals surface area (Å²) in [4.78, 5) is 14.6. The van der Waals surface area contributed by atoms with E-state index >= 15 is 0 Å². The van der Waals surface area contributed by atoms with Crippen LogP contribution >= 0.6 is 11.3 Å². The zero-order chi connectivity index (χ0) is 15.7. The minimum absolute atomic E-state index is 0.369. The molecule has 2 aromatic heterocycles. The number of nitrogens with zero attached hydrogens (tertiary/aromatic N) is 3. The average Bonchev–Trinajstić information content (AvgIpc) is 3.04. The van der Waals surface area contributed by atoms with Crippen molar-refractivity contribution in [1.29, 1.82) is 0 Å². The van der Waals surface area contributed by atoms with Gasteiger partial charge in [-0.2, -0.15) is 5.10 Å². The van der Waals surface area contributed by atoms with Crippen molar-refractivity contribution in [3.8, 4) is 0 Å². The molecule has 3 rings (SSSR count). The number of rotatable bonds is 5. The molecule has 5 nitrogen and oxygen atoms in total. The number of carboxylic acids is 1. The third kappa shape index (κ3) is 3.33. The smallest absolute Gasteiger partial charge is 0.345 e. The Labute approximate surface area is 129 Å². The fourth-order valence-corrected chi connectivity index (χ4v) is 3.67. The van der Waals surface area contributed by atoms with Gasteiger partial charge in [-0.15, -0.1) is 11.3 Å². The molecule has 0 aromatic carbocycles. The molecule has 0 unspecified atom stereocenters. The van der Waals surface area contributed by atoms with Crippen LogP contribution in [-0.2, 0) is 26.1 Å². The molecular formula is C14H15F2N3O2S. The van der Waals surface area contributed by atoms with Crippen LogP contribution in [0, 0.1) is 0 Å². The van der Waals surface area contributed by atoms with Gasteiger partial charge in [-0.3, -0.25) is 9.58 Å². The van der Waals surface area contributed by atoms with Crippen molar-refractivity contribution in [2.24, 2.45) is 0 Å². The third-order valence-corrected chi connectivity index (χ3v) is 4.73. The maximum Gasteiger partial charge on any atom is 0.345 e. The second-order valence-electron chi connectivity index (χ2n) is 5.25. The number of hydrogen-bond acceptors (Lipinski definition) is 4. The minimum atomic E-state index is -2.41. The Morgan fingerprint density at radius 1 is 1.50 bits per heavy atom. The van der Waals surface area contributed by atoms with Gasteiger partial charge in [0.15, 0.2) is 0 Å². The lowest BCUT2D eigenvalue weighted by atomic mass is 10.1. The Balaban J connectivity index is 1.64. The summed E-state index contributed by atoms with van der Waals surface area (Å²) in [6, 6.07) is 3.49. The summed E-state index contributed by atoms with van der Waals surface area (Å²) in [5.74, 6) is -0.892. The zero-order valence-electron chi connectivity index (χ0n) is 11.7. The first-order chi connectivity index (χ1) is 10.5. The molecule has 2 aromatic rings. The van der Waals surface area contributed by atoms with Crippen molar-refractivity contribution in [3.63, 3.8) is 0 Å². The first-order valence-corrected chi connectivity index (χ1v) is 7.70. The fourth-order valence-electron chi connectivity index (χ4n) is 2.57. The highest BCUT2D eigenvalue weighted by Gasteiger charge is 2.21. The number of hydrogen-bond donors (Lipinski definition) is 1. The number of thiophene rings is 1. The Kier molecular flexibility index (Phi) is 4.21. The first kappa shape index (κ1) is 15.1. The standard InChI is InChI=1S/C14H15F2N3O2S/c15-13(16)8-19-4-2-10(17-19)6-18-3-1-9-5-11(14(20)21)22-12(9)7-18/h2,4-5,13H,1,3,6-8H2,(H,20,21). The first-order valence-electron chi connectivity index (χ1n) is 6.89. The van der Waals surface area contributed by atoms with Crippen LogP contribution in [-0.4, -0.2) is 38.7 Å². The highest BCUT2D eigenvalue weighted by atomic mass is 32.1. The molecule has 0 fully saturated rings. The molecule has 0 bridgehead atoms. The molecule has 1 N–H and O–H groups in total. The van der Waals surface area contributed by atoms with Gasteiger partial charge in [0.2, 0.25) is 0 Å². The molecule has 0 amide bonds. The molecule has 22 heavy (non-hydrogen) atoms. The largest absolute Gasteiger partial charge is 0.477 e.